The van der Waals surface area contributed by atoms with Gasteiger partial charge < -0.3 is 5.32 Å². The summed E-state index contributed by atoms with van der Waals surface area (Å²) in [5.41, 5.74) is 0.0536. The van der Waals surface area contributed by atoms with E-state index in [4.69, 9.17) is 11.6 Å². The molecule has 14 heavy (non-hydrogen) atoms. The molecule has 1 aromatic rings. The molecule has 0 saturated carbocycles. The second kappa shape index (κ2) is 5.50. The Labute approximate surface area is 103 Å². The van der Waals surface area contributed by atoms with Gasteiger partial charge in [-0.15, -0.1) is 22.9 Å². The van der Waals surface area contributed by atoms with Gasteiger partial charge in [0.2, 0.25) is 0 Å². The fourth-order valence-electron chi connectivity index (χ4n) is 1.01. The van der Waals surface area contributed by atoms with E-state index >= 15 is 0 Å². The molecule has 1 heterocycles. The molecule has 1 aromatic heterocycles. The van der Waals surface area contributed by atoms with Crippen molar-refractivity contribution in [2.75, 3.05) is 5.88 Å². The Morgan fingerprint density at radius 3 is 2.71 bits per heavy atom. The maximum Gasteiger partial charge on any atom is 0.0701 e. The van der Waals surface area contributed by atoms with Crippen LogP contribution in [0.2, 0.25) is 0 Å². The van der Waals surface area contributed by atoms with E-state index in [1.54, 1.807) is 11.3 Å². The van der Waals surface area contributed by atoms with Crippen molar-refractivity contribution in [3.63, 3.8) is 0 Å². The minimum Gasteiger partial charge on any atom is -0.305 e. The first-order valence-electron chi connectivity index (χ1n) is 4.65. The largest absolute Gasteiger partial charge is 0.305 e. The van der Waals surface area contributed by atoms with Crippen molar-refractivity contribution in [1.29, 1.82) is 0 Å². The first kappa shape index (κ1) is 12.5. The minimum atomic E-state index is 0.0536. The first-order valence-corrected chi connectivity index (χ1v) is 6.79. The zero-order valence-electron chi connectivity index (χ0n) is 8.44. The Morgan fingerprint density at radius 2 is 2.29 bits per heavy atom. The molecule has 0 radical (unpaired) electrons. The van der Waals surface area contributed by atoms with Crippen LogP contribution in [0, 0.1) is 0 Å². The lowest BCUT2D eigenvalue weighted by atomic mass is 10.0. The lowest BCUT2D eigenvalue weighted by Crippen LogP contribution is -2.42. The number of hydrogen-bond acceptors (Lipinski definition) is 2. The van der Waals surface area contributed by atoms with Crippen molar-refractivity contribution < 1.29 is 0 Å². The molecule has 1 rings (SSSR count). The third-order valence-corrected chi connectivity index (χ3v) is 4.61. The average molecular weight is 297 g/mol. The molecule has 1 N–H and O–H groups in total. The van der Waals surface area contributed by atoms with E-state index in [1.165, 1.54) is 8.66 Å². The normalized spacial score (nSPS) is 15.4. The molecule has 1 unspecified atom stereocenters. The molecule has 0 aromatic carbocycles. The Kier molecular flexibility index (Phi) is 4.91. The highest BCUT2D eigenvalue weighted by atomic mass is 79.9. The van der Waals surface area contributed by atoms with Gasteiger partial charge >= 0.3 is 0 Å². The van der Waals surface area contributed by atoms with E-state index in [1.807, 2.05) is 0 Å². The summed E-state index contributed by atoms with van der Waals surface area (Å²) in [5, 5.41) is 3.48. The predicted octanol–water partition coefficient (Wildman–Crippen LogP) is 4.01. The summed E-state index contributed by atoms with van der Waals surface area (Å²) in [6, 6.07) is 4.21. The molecule has 80 valence electrons. The van der Waals surface area contributed by atoms with E-state index in [2.05, 4.69) is 47.2 Å². The molecule has 1 nitrogen and oxygen atoms in total. The molecular formula is C10H15BrClNS. The predicted molar refractivity (Wildman–Crippen MR) is 68.3 cm³/mol. The van der Waals surface area contributed by atoms with Crippen molar-refractivity contribution >= 4 is 38.9 Å². The molecular weight excluding hydrogens is 282 g/mol. The summed E-state index contributed by atoms with van der Waals surface area (Å²) < 4.78 is 1.18. The lowest BCUT2D eigenvalue weighted by Gasteiger charge is -2.26. The molecule has 0 aliphatic heterocycles. The number of nitrogens with one attached hydrogen (secondary N) is 1. The van der Waals surface area contributed by atoms with Crippen LogP contribution in [0.3, 0.4) is 0 Å². The molecule has 0 aliphatic rings. The maximum absolute atomic E-state index is 5.91. The van der Waals surface area contributed by atoms with Crippen LogP contribution in [-0.2, 0) is 6.54 Å². The summed E-state index contributed by atoms with van der Waals surface area (Å²) in [4.78, 5) is 1.33. The van der Waals surface area contributed by atoms with Crippen molar-refractivity contribution in [2.24, 2.45) is 0 Å². The van der Waals surface area contributed by atoms with Gasteiger partial charge in [0.25, 0.3) is 0 Å². The van der Waals surface area contributed by atoms with Gasteiger partial charge in [0.15, 0.2) is 0 Å². The number of alkyl halides is 1. The quantitative estimate of drug-likeness (QED) is 0.810. The number of thiophene rings is 1. The molecule has 0 saturated heterocycles. The zero-order valence-corrected chi connectivity index (χ0v) is 11.6. The summed E-state index contributed by atoms with van der Waals surface area (Å²) in [7, 11) is 0. The second-order valence-corrected chi connectivity index (χ2v) is 6.42. The Morgan fingerprint density at radius 1 is 1.57 bits per heavy atom. The van der Waals surface area contributed by atoms with Gasteiger partial charge in [-0.3, -0.25) is 0 Å². The smallest absolute Gasteiger partial charge is 0.0701 e. The van der Waals surface area contributed by atoms with E-state index in [9.17, 15) is 0 Å². The van der Waals surface area contributed by atoms with E-state index in [0.717, 1.165) is 13.0 Å². The minimum absolute atomic E-state index is 0.0536. The Balaban J connectivity index is 2.47. The van der Waals surface area contributed by atoms with E-state index < -0.39 is 0 Å². The van der Waals surface area contributed by atoms with Crippen LogP contribution in [0.4, 0.5) is 0 Å². The van der Waals surface area contributed by atoms with Crippen molar-refractivity contribution in [3.8, 4) is 0 Å². The molecule has 0 fully saturated rings. The van der Waals surface area contributed by atoms with Crippen LogP contribution in [0.5, 0.6) is 0 Å². The van der Waals surface area contributed by atoms with Gasteiger partial charge in [0.05, 0.1) is 3.79 Å². The van der Waals surface area contributed by atoms with Gasteiger partial charge in [-0.25, -0.2) is 0 Å². The highest BCUT2D eigenvalue weighted by Gasteiger charge is 2.19. The van der Waals surface area contributed by atoms with Gasteiger partial charge in [-0.2, -0.15) is 0 Å². The Hall–Kier alpha value is 0.430. The molecule has 0 amide bonds. The van der Waals surface area contributed by atoms with E-state index in [0.29, 0.717) is 5.88 Å². The second-order valence-electron chi connectivity index (χ2n) is 3.61. The van der Waals surface area contributed by atoms with E-state index in [-0.39, 0.29) is 5.54 Å². The summed E-state index contributed by atoms with van der Waals surface area (Å²) in [6.45, 7) is 5.20. The highest BCUT2D eigenvalue weighted by molar-refractivity contribution is 9.11. The molecule has 0 bridgehead atoms. The summed E-state index contributed by atoms with van der Waals surface area (Å²) in [5.74, 6) is 0.649. The maximum atomic E-state index is 5.91. The monoisotopic (exact) mass is 295 g/mol. The fraction of sp³-hybridized carbons (Fsp3) is 0.600. The van der Waals surface area contributed by atoms with Gasteiger partial charge in [-0.05, 0) is 41.4 Å². The first-order chi connectivity index (χ1) is 6.59. The van der Waals surface area contributed by atoms with Crippen LogP contribution >= 0.6 is 38.9 Å². The summed E-state index contributed by atoms with van der Waals surface area (Å²) >= 11 is 11.1. The van der Waals surface area contributed by atoms with Crippen molar-refractivity contribution in [3.05, 3.63) is 20.8 Å². The van der Waals surface area contributed by atoms with Crippen molar-refractivity contribution in [2.45, 2.75) is 32.4 Å². The topological polar surface area (TPSA) is 12.0 Å². The van der Waals surface area contributed by atoms with Gasteiger partial charge in [0.1, 0.15) is 0 Å². The highest BCUT2D eigenvalue weighted by Crippen LogP contribution is 2.22. The fourth-order valence-corrected chi connectivity index (χ4v) is 2.72. The SMILES string of the molecule is CCC(C)(CCl)NCc1ccc(Br)s1. The average Bonchev–Trinajstić information content (AvgIpc) is 2.61. The molecule has 0 spiro atoms. The summed E-state index contributed by atoms with van der Waals surface area (Å²) in [6.07, 6.45) is 1.04. The molecule has 4 heteroatoms. The van der Waals surface area contributed by atoms with Crippen LogP contribution in [0.25, 0.3) is 0 Å². The number of rotatable bonds is 5. The lowest BCUT2D eigenvalue weighted by molar-refractivity contribution is 0.381. The van der Waals surface area contributed by atoms with Crippen LogP contribution in [0.15, 0.2) is 15.9 Å². The molecule has 1 atom stereocenters. The standard InChI is InChI=1S/C10H15BrClNS/c1-3-10(2,7-12)13-6-8-4-5-9(11)14-8/h4-5,13H,3,6-7H2,1-2H3. The van der Waals surface area contributed by atoms with Gasteiger partial charge in [-0.1, -0.05) is 6.92 Å². The van der Waals surface area contributed by atoms with Crippen molar-refractivity contribution in [1.82, 2.24) is 5.32 Å². The Bertz CT molecular complexity index is 283. The van der Waals surface area contributed by atoms with Crippen LogP contribution < -0.4 is 5.32 Å². The number of hydrogen-bond donors (Lipinski definition) is 1. The number of halogens is 2. The zero-order chi connectivity index (χ0) is 10.6. The third-order valence-electron chi connectivity index (χ3n) is 2.39. The van der Waals surface area contributed by atoms with Crippen LogP contribution in [0.1, 0.15) is 25.1 Å². The van der Waals surface area contributed by atoms with Crippen LogP contribution in [-0.4, -0.2) is 11.4 Å². The molecule has 0 aliphatic carbocycles. The van der Waals surface area contributed by atoms with Gasteiger partial charge in [0, 0.05) is 22.8 Å². The third kappa shape index (κ3) is 3.54.